The molecule has 0 saturated carbocycles. The van der Waals surface area contributed by atoms with Gasteiger partial charge in [-0.3, -0.25) is 9.59 Å². The van der Waals surface area contributed by atoms with Crippen LogP contribution in [0.25, 0.3) is 0 Å². The average molecular weight is 527 g/mol. The van der Waals surface area contributed by atoms with Crippen molar-refractivity contribution in [1.82, 2.24) is 4.90 Å². The van der Waals surface area contributed by atoms with Gasteiger partial charge in [0.1, 0.15) is 0 Å². The van der Waals surface area contributed by atoms with Crippen molar-refractivity contribution in [2.45, 2.75) is 58.4 Å². The Labute approximate surface area is 223 Å². The molecule has 0 aliphatic carbocycles. The van der Waals surface area contributed by atoms with Crippen molar-refractivity contribution in [1.29, 1.82) is 0 Å². The Bertz CT molecular complexity index is 1230. The highest BCUT2D eigenvalue weighted by Gasteiger charge is 2.50. The average Bonchev–Trinajstić information content (AvgIpc) is 2.84. The number of benzene rings is 2. The number of fused-ring (bicyclic) bond motifs is 1. The Morgan fingerprint density at radius 2 is 1.86 bits per heavy atom. The first-order valence-corrected chi connectivity index (χ1v) is 13.1. The van der Waals surface area contributed by atoms with Gasteiger partial charge in [0.15, 0.2) is 0 Å². The summed E-state index contributed by atoms with van der Waals surface area (Å²) in [6, 6.07) is 10.6. The molecule has 2 aromatic carbocycles. The molecule has 9 heteroatoms. The summed E-state index contributed by atoms with van der Waals surface area (Å²) in [5.74, 6) is -0.279. The molecular formula is C28H35ClN4O4. The van der Waals surface area contributed by atoms with E-state index < -0.39 is 11.6 Å². The second-order valence-corrected chi connectivity index (χ2v) is 11.4. The van der Waals surface area contributed by atoms with E-state index in [1.807, 2.05) is 18.2 Å². The van der Waals surface area contributed by atoms with E-state index >= 15 is 0 Å². The smallest absolute Gasteiger partial charge is 0.407 e. The van der Waals surface area contributed by atoms with E-state index in [-0.39, 0.29) is 17.2 Å². The lowest BCUT2D eigenvalue weighted by molar-refractivity contribution is -0.118. The van der Waals surface area contributed by atoms with Gasteiger partial charge in [0.2, 0.25) is 5.91 Å². The maximum absolute atomic E-state index is 13.4. The molecule has 0 bridgehead atoms. The van der Waals surface area contributed by atoms with Crippen LogP contribution < -0.4 is 15.5 Å². The fourth-order valence-corrected chi connectivity index (χ4v) is 5.73. The number of carbonyl (C=O) groups excluding carboxylic acids is 2. The van der Waals surface area contributed by atoms with Crippen molar-refractivity contribution in [2.24, 2.45) is 5.41 Å². The highest BCUT2D eigenvalue weighted by atomic mass is 35.5. The number of hydrogen-bond acceptors (Lipinski definition) is 4. The number of rotatable bonds is 5. The molecule has 1 unspecified atom stereocenters. The largest absolute Gasteiger partial charge is 0.465 e. The van der Waals surface area contributed by atoms with Gasteiger partial charge in [-0.15, -0.1) is 0 Å². The lowest BCUT2D eigenvalue weighted by Crippen LogP contribution is -2.64. The second kappa shape index (κ2) is 10.2. The van der Waals surface area contributed by atoms with E-state index in [9.17, 15) is 19.5 Å². The van der Waals surface area contributed by atoms with Gasteiger partial charge in [0, 0.05) is 48.6 Å². The predicted molar refractivity (Wildman–Crippen MR) is 147 cm³/mol. The molecule has 0 spiro atoms. The molecular weight excluding hydrogens is 492 g/mol. The van der Waals surface area contributed by atoms with Crippen molar-refractivity contribution < 1.29 is 19.5 Å². The van der Waals surface area contributed by atoms with Crippen LogP contribution >= 0.6 is 11.6 Å². The minimum absolute atomic E-state index is 0.0473. The van der Waals surface area contributed by atoms with E-state index in [1.165, 1.54) is 0 Å². The number of nitrogens with zero attached hydrogens (tertiary/aromatic N) is 2. The molecule has 0 aromatic heterocycles. The minimum Gasteiger partial charge on any atom is -0.465 e. The molecule has 4 rings (SSSR count). The van der Waals surface area contributed by atoms with Crippen LogP contribution in [0.2, 0.25) is 5.02 Å². The SMILES string of the molecule is CN1C(=O)CCc2ccc(NC(=O)c3ccc(Cl)cc3NCC3(C(C)(C)C)CCCCN3C(=O)O)cc21. The van der Waals surface area contributed by atoms with Gasteiger partial charge < -0.3 is 25.5 Å². The number of piperidine rings is 1. The lowest BCUT2D eigenvalue weighted by Gasteiger charge is -2.54. The fourth-order valence-electron chi connectivity index (χ4n) is 5.55. The van der Waals surface area contributed by atoms with Crippen LogP contribution in [0.5, 0.6) is 0 Å². The van der Waals surface area contributed by atoms with E-state index in [1.54, 1.807) is 35.0 Å². The molecule has 2 heterocycles. The van der Waals surface area contributed by atoms with E-state index in [0.29, 0.717) is 47.9 Å². The third-order valence-corrected chi connectivity index (χ3v) is 8.09. The molecule has 1 saturated heterocycles. The number of halogens is 1. The number of anilines is 3. The van der Waals surface area contributed by atoms with Crippen molar-refractivity contribution in [3.63, 3.8) is 0 Å². The van der Waals surface area contributed by atoms with Gasteiger partial charge in [-0.25, -0.2) is 4.79 Å². The predicted octanol–water partition coefficient (Wildman–Crippen LogP) is 5.86. The van der Waals surface area contributed by atoms with Crippen LogP contribution in [0.4, 0.5) is 21.9 Å². The molecule has 8 nitrogen and oxygen atoms in total. The molecule has 37 heavy (non-hydrogen) atoms. The maximum atomic E-state index is 13.4. The number of hydrogen-bond donors (Lipinski definition) is 3. The number of amides is 3. The number of carboxylic acid groups (broad SMARTS) is 1. The molecule has 0 radical (unpaired) electrons. The molecule has 1 fully saturated rings. The second-order valence-electron chi connectivity index (χ2n) is 11.0. The third-order valence-electron chi connectivity index (χ3n) is 7.85. The summed E-state index contributed by atoms with van der Waals surface area (Å²) in [4.78, 5) is 40.9. The number of carbonyl (C=O) groups is 3. The molecule has 2 aliphatic heterocycles. The number of aryl methyl sites for hydroxylation is 1. The zero-order chi connectivity index (χ0) is 27.0. The van der Waals surface area contributed by atoms with Gasteiger partial charge in [-0.2, -0.15) is 0 Å². The van der Waals surface area contributed by atoms with Crippen LogP contribution in [-0.4, -0.2) is 53.6 Å². The van der Waals surface area contributed by atoms with Crippen molar-refractivity contribution in [2.75, 3.05) is 35.7 Å². The molecule has 3 N–H and O–H groups in total. The maximum Gasteiger partial charge on any atom is 0.407 e. The Morgan fingerprint density at radius 3 is 2.57 bits per heavy atom. The molecule has 2 aliphatic rings. The standard InChI is InChI=1S/C28H35ClN4O4/c1-27(2,3)28(13-5-6-14-33(28)26(36)37)17-30-22-15-19(29)9-11-21(22)25(35)31-20-10-7-18-8-12-24(34)32(4)23(18)16-20/h7,9-11,15-16,30H,5-6,8,12-14,17H2,1-4H3,(H,31,35)(H,36,37). The summed E-state index contributed by atoms with van der Waals surface area (Å²) >= 11 is 6.30. The third kappa shape index (κ3) is 5.25. The first-order chi connectivity index (χ1) is 17.4. The number of likely N-dealkylation sites (tertiary alicyclic amines) is 1. The first kappa shape index (κ1) is 26.8. The zero-order valence-corrected chi connectivity index (χ0v) is 22.6. The highest BCUT2D eigenvalue weighted by Crippen LogP contribution is 2.43. The van der Waals surface area contributed by atoms with Crippen molar-refractivity contribution in [3.8, 4) is 0 Å². The monoisotopic (exact) mass is 526 g/mol. The molecule has 198 valence electrons. The topological polar surface area (TPSA) is 102 Å². The molecule has 1 atom stereocenters. The van der Waals surface area contributed by atoms with E-state index in [4.69, 9.17) is 11.6 Å². The lowest BCUT2D eigenvalue weighted by atomic mass is 9.67. The van der Waals surface area contributed by atoms with Gasteiger partial charge in [0.05, 0.1) is 11.1 Å². The highest BCUT2D eigenvalue weighted by molar-refractivity contribution is 6.31. The van der Waals surface area contributed by atoms with Crippen molar-refractivity contribution >= 4 is 46.6 Å². The van der Waals surface area contributed by atoms with Crippen LogP contribution in [0, 0.1) is 5.41 Å². The van der Waals surface area contributed by atoms with E-state index in [2.05, 4.69) is 31.4 Å². The first-order valence-electron chi connectivity index (χ1n) is 12.7. The van der Waals surface area contributed by atoms with Crippen LogP contribution in [-0.2, 0) is 11.2 Å². The minimum atomic E-state index is -0.934. The summed E-state index contributed by atoms with van der Waals surface area (Å²) < 4.78 is 0. The number of nitrogens with one attached hydrogen (secondary N) is 2. The fraction of sp³-hybridized carbons (Fsp3) is 0.464. The van der Waals surface area contributed by atoms with Crippen molar-refractivity contribution in [3.05, 3.63) is 52.5 Å². The Hall–Kier alpha value is -3.26. The molecule has 3 amide bonds. The van der Waals surface area contributed by atoms with Crippen LogP contribution in [0.1, 0.15) is 62.4 Å². The van der Waals surface area contributed by atoms with Gasteiger partial charge >= 0.3 is 6.09 Å². The summed E-state index contributed by atoms with van der Waals surface area (Å²) in [6.07, 6.45) is 2.71. The summed E-state index contributed by atoms with van der Waals surface area (Å²) in [5, 5.41) is 16.8. The van der Waals surface area contributed by atoms with E-state index in [0.717, 1.165) is 30.5 Å². The molecule has 2 aromatic rings. The van der Waals surface area contributed by atoms with Crippen LogP contribution in [0.3, 0.4) is 0 Å². The summed E-state index contributed by atoms with van der Waals surface area (Å²) in [6.45, 7) is 6.99. The summed E-state index contributed by atoms with van der Waals surface area (Å²) in [5.41, 5.74) is 2.39. The Kier molecular flexibility index (Phi) is 7.42. The van der Waals surface area contributed by atoms with Crippen LogP contribution in [0.15, 0.2) is 36.4 Å². The summed E-state index contributed by atoms with van der Waals surface area (Å²) in [7, 11) is 1.74. The Morgan fingerprint density at radius 1 is 1.11 bits per heavy atom. The van der Waals surface area contributed by atoms with Gasteiger partial charge in [-0.1, -0.05) is 38.4 Å². The Balaban J connectivity index is 1.60. The quantitative estimate of drug-likeness (QED) is 0.452. The van der Waals surface area contributed by atoms with Gasteiger partial charge in [-0.05, 0) is 67.0 Å². The van der Waals surface area contributed by atoms with Gasteiger partial charge in [0.25, 0.3) is 5.91 Å². The normalized spacial score (nSPS) is 19.9. The zero-order valence-electron chi connectivity index (χ0n) is 21.9.